The van der Waals surface area contributed by atoms with E-state index in [9.17, 15) is 19.5 Å². The molecule has 0 saturated heterocycles. The number of rotatable bonds is 10. The summed E-state index contributed by atoms with van der Waals surface area (Å²) in [6, 6.07) is 3.60. The third kappa shape index (κ3) is 5.55. The molecule has 5 fully saturated rings. The maximum absolute atomic E-state index is 13.9. The van der Waals surface area contributed by atoms with Crippen molar-refractivity contribution in [1.82, 2.24) is 10.6 Å². The number of hydrogen-bond donors (Lipinski definition) is 3. The van der Waals surface area contributed by atoms with E-state index in [-0.39, 0.29) is 35.3 Å². The molecule has 3 N–H and O–H groups in total. The molecule has 2 bridgehead atoms. The molecule has 2 amide bonds. The molecule has 0 radical (unpaired) electrons. The SMILES string of the molecule is COc1cc(C2CC2)c(OC2CCC(C)(C(=O)O)CC2)cc1C(=O)N[C@@H]1[C@H]2CC[C@H](C2)[C@@H]1C(=O)NCC1(C)CCC1. The fourth-order valence-electron chi connectivity index (χ4n) is 7.96. The fourth-order valence-corrected chi connectivity index (χ4v) is 7.96. The van der Waals surface area contributed by atoms with Gasteiger partial charge in [0.15, 0.2) is 0 Å². The standard InChI is InChI=1S/C33H46N2O6/c1-32(11-4-12-32)18-34-30(37)27-20-7-8-21(15-20)28(27)35-29(36)24-17-26(23(19-5-6-19)16-25(24)40-3)41-22-9-13-33(2,14-10-22)31(38)39/h16-17,19-22,27-28H,4-15,18H2,1-3H3,(H,34,37)(H,35,36)(H,38,39)/t20-,21+,22?,27+,28-,33?/m1/s1. The minimum atomic E-state index is -0.747. The maximum atomic E-state index is 13.9. The molecule has 1 aromatic carbocycles. The van der Waals surface area contributed by atoms with E-state index in [0.717, 1.165) is 50.5 Å². The summed E-state index contributed by atoms with van der Waals surface area (Å²) >= 11 is 0. The van der Waals surface area contributed by atoms with Crippen LogP contribution in [0.3, 0.4) is 0 Å². The summed E-state index contributed by atoms with van der Waals surface area (Å²) in [6.07, 6.45) is 11.2. The maximum Gasteiger partial charge on any atom is 0.309 e. The molecule has 5 aliphatic rings. The van der Waals surface area contributed by atoms with Crippen LogP contribution in [0.15, 0.2) is 12.1 Å². The lowest BCUT2D eigenvalue weighted by Crippen LogP contribution is -2.51. The van der Waals surface area contributed by atoms with Crippen LogP contribution in [0.1, 0.15) is 113 Å². The van der Waals surface area contributed by atoms with Crippen LogP contribution in [-0.4, -0.2) is 48.7 Å². The number of aliphatic carboxylic acids is 1. The second-order valence-corrected chi connectivity index (χ2v) is 14.3. The van der Waals surface area contributed by atoms with Crippen LogP contribution in [0, 0.1) is 28.6 Å². The highest BCUT2D eigenvalue weighted by atomic mass is 16.5. The number of fused-ring (bicyclic) bond motifs is 2. The minimum Gasteiger partial charge on any atom is -0.496 e. The monoisotopic (exact) mass is 566 g/mol. The molecule has 0 aromatic heterocycles. The average Bonchev–Trinajstić information content (AvgIpc) is 3.59. The van der Waals surface area contributed by atoms with Gasteiger partial charge >= 0.3 is 5.97 Å². The first kappa shape index (κ1) is 28.4. The van der Waals surface area contributed by atoms with E-state index in [1.54, 1.807) is 7.11 Å². The van der Waals surface area contributed by atoms with Gasteiger partial charge in [-0.15, -0.1) is 0 Å². The van der Waals surface area contributed by atoms with Crippen LogP contribution in [-0.2, 0) is 9.59 Å². The number of amides is 2. The molecule has 0 unspecified atom stereocenters. The van der Waals surface area contributed by atoms with Crippen molar-refractivity contribution in [3.63, 3.8) is 0 Å². The van der Waals surface area contributed by atoms with E-state index in [1.165, 1.54) is 6.42 Å². The van der Waals surface area contributed by atoms with Gasteiger partial charge < -0.3 is 25.2 Å². The lowest BCUT2D eigenvalue weighted by atomic mass is 9.70. The first-order valence-electron chi connectivity index (χ1n) is 15.8. The lowest BCUT2D eigenvalue weighted by molar-refractivity contribution is -0.150. The number of methoxy groups -OCH3 is 1. The summed E-state index contributed by atoms with van der Waals surface area (Å²) in [5.74, 6) is 1.18. The normalized spacial score (nSPS) is 33.5. The molecular formula is C33H46N2O6. The zero-order valence-electron chi connectivity index (χ0n) is 24.8. The molecule has 0 heterocycles. The Kier molecular flexibility index (Phi) is 7.48. The Morgan fingerprint density at radius 3 is 2.27 bits per heavy atom. The van der Waals surface area contributed by atoms with Crippen molar-refractivity contribution in [2.45, 2.75) is 109 Å². The summed E-state index contributed by atoms with van der Waals surface area (Å²) in [5.41, 5.74) is 1.00. The highest BCUT2D eigenvalue weighted by Crippen LogP contribution is 2.50. The Morgan fingerprint density at radius 1 is 0.951 bits per heavy atom. The number of nitrogens with one attached hydrogen (secondary N) is 2. The van der Waals surface area contributed by atoms with Gasteiger partial charge in [-0.1, -0.05) is 13.3 Å². The van der Waals surface area contributed by atoms with Gasteiger partial charge in [0.25, 0.3) is 5.91 Å². The lowest BCUT2D eigenvalue weighted by Gasteiger charge is -2.39. The van der Waals surface area contributed by atoms with Crippen LogP contribution < -0.4 is 20.1 Å². The molecule has 0 aliphatic heterocycles. The van der Waals surface area contributed by atoms with Gasteiger partial charge in [-0.25, -0.2) is 0 Å². The van der Waals surface area contributed by atoms with Crippen molar-refractivity contribution in [2.75, 3.05) is 13.7 Å². The third-order valence-corrected chi connectivity index (χ3v) is 11.2. The number of carbonyl (C=O) groups excluding carboxylic acids is 2. The van der Waals surface area contributed by atoms with Crippen molar-refractivity contribution in [2.24, 2.45) is 28.6 Å². The van der Waals surface area contributed by atoms with E-state index in [1.807, 2.05) is 19.1 Å². The van der Waals surface area contributed by atoms with Gasteiger partial charge in [-0.3, -0.25) is 14.4 Å². The topological polar surface area (TPSA) is 114 Å². The van der Waals surface area contributed by atoms with Crippen molar-refractivity contribution >= 4 is 17.8 Å². The Labute approximate surface area is 243 Å². The number of carboxylic acids is 1. The average molecular weight is 567 g/mol. The fraction of sp³-hybridized carbons (Fsp3) is 0.727. The summed E-state index contributed by atoms with van der Waals surface area (Å²) in [4.78, 5) is 39.0. The second kappa shape index (κ2) is 10.8. The molecule has 41 heavy (non-hydrogen) atoms. The number of benzene rings is 1. The number of hydrogen-bond acceptors (Lipinski definition) is 5. The van der Waals surface area contributed by atoms with Crippen LogP contribution >= 0.6 is 0 Å². The van der Waals surface area contributed by atoms with Gasteiger partial charge in [0.1, 0.15) is 11.5 Å². The molecule has 8 heteroatoms. The second-order valence-electron chi connectivity index (χ2n) is 14.3. The van der Waals surface area contributed by atoms with Gasteiger partial charge in [-0.05, 0) is 113 Å². The van der Waals surface area contributed by atoms with Crippen LogP contribution in [0.25, 0.3) is 0 Å². The minimum absolute atomic E-state index is 0.0830. The Balaban J connectivity index is 1.19. The zero-order valence-corrected chi connectivity index (χ0v) is 24.8. The first-order valence-corrected chi connectivity index (χ1v) is 15.8. The molecule has 0 spiro atoms. The third-order valence-electron chi connectivity index (χ3n) is 11.2. The quantitative estimate of drug-likeness (QED) is 0.348. The summed E-state index contributed by atoms with van der Waals surface area (Å²) in [7, 11) is 1.59. The molecule has 224 valence electrons. The Hall–Kier alpha value is -2.77. The highest BCUT2D eigenvalue weighted by Gasteiger charge is 2.52. The van der Waals surface area contributed by atoms with Crippen molar-refractivity contribution in [1.29, 1.82) is 0 Å². The number of carboxylic acid groups (broad SMARTS) is 1. The predicted molar refractivity (Wildman–Crippen MR) is 154 cm³/mol. The van der Waals surface area contributed by atoms with Gasteiger partial charge in [0, 0.05) is 18.2 Å². The predicted octanol–water partition coefficient (Wildman–Crippen LogP) is 5.44. The molecule has 5 aliphatic carbocycles. The largest absolute Gasteiger partial charge is 0.496 e. The molecule has 6 rings (SSSR count). The summed E-state index contributed by atoms with van der Waals surface area (Å²) in [6.45, 7) is 4.77. The number of ether oxygens (including phenoxy) is 2. The van der Waals surface area contributed by atoms with E-state index in [4.69, 9.17) is 9.47 Å². The van der Waals surface area contributed by atoms with E-state index in [0.29, 0.717) is 67.0 Å². The molecule has 8 nitrogen and oxygen atoms in total. The zero-order chi connectivity index (χ0) is 28.9. The number of carbonyl (C=O) groups is 3. The van der Waals surface area contributed by atoms with Gasteiger partial charge in [-0.2, -0.15) is 0 Å². The Bertz CT molecular complexity index is 1200. The molecule has 5 saturated carbocycles. The van der Waals surface area contributed by atoms with Gasteiger partial charge in [0.2, 0.25) is 5.91 Å². The van der Waals surface area contributed by atoms with Crippen molar-refractivity contribution < 1.29 is 29.0 Å². The van der Waals surface area contributed by atoms with E-state index >= 15 is 0 Å². The van der Waals surface area contributed by atoms with Gasteiger partial charge in [0.05, 0.1) is 30.1 Å². The highest BCUT2D eigenvalue weighted by molar-refractivity contribution is 5.98. The smallest absolute Gasteiger partial charge is 0.309 e. The van der Waals surface area contributed by atoms with E-state index < -0.39 is 11.4 Å². The van der Waals surface area contributed by atoms with Crippen LogP contribution in [0.2, 0.25) is 0 Å². The van der Waals surface area contributed by atoms with Crippen molar-refractivity contribution in [3.05, 3.63) is 23.3 Å². The van der Waals surface area contributed by atoms with E-state index in [2.05, 4.69) is 17.6 Å². The first-order chi connectivity index (χ1) is 19.6. The Morgan fingerprint density at radius 2 is 1.66 bits per heavy atom. The molecule has 1 aromatic rings. The molecular weight excluding hydrogens is 520 g/mol. The van der Waals surface area contributed by atoms with Crippen LogP contribution in [0.5, 0.6) is 11.5 Å². The molecule has 4 atom stereocenters. The summed E-state index contributed by atoms with van der Waals surface area (Å²) < 4.78 is 12.2. The summed E-state index contributed by atoms with van der Waals surface area (Å²) in [5, 5.41) is 16.1. The van der Waals surface area contributed by atoms with Crippen LogP contribution in [0.4, 0.5) is 0 Å². The van der Waals surface area contributed by atoms with Crippen molar-refractivity contribution in [3.8, 4) is 11.5 Å².